The second-order valence-corrected chi connectivity index (χ2v) is 5.21. The fraction of sp³-hybridized carbons (Fsp3) is 0.538. The van der Waals surface area contributed by atoms with Crippen LogP contribution in [0.2, 0.25) is 5.02 Å². The van der Waals surface area contributed by atoms with Gasteiger partial charge in [-0.25, -0.2) is 0 Å². The maximum absolute atomic E-state index is 10.6. The van der Waals surface area contributed by atoms with Gasteiger partial charge in [-0.15, -0.1) is 0 Å². The van der Waals surface area contributed by atoms with E-state index in [0.717, 1.165) is 31.7 Å². The molecule has 1 atom stereocenters. The Hall–Kier alpha value is -1.33. The van der Waals surface area contributed by atoms with E-state index in [-0.39, 0.29) is 11.7 Å². The first kappa shape index (κ1) is 14.1. The fourth-order valence-electron chi connectivity index (χ4n) is 2.31. The van der Waals surface area contributed by atoms with Gasteiger partial charge in [0.05, 0.1) is 15.6 Å². The average Bonchev–Trinajstić information content (AvgIpc) is 2.41. The van der Waals surface area contributed by atoms with Gasteiger partial charge in [-0.3, -0.25) is 10.1 Å². The highest BCUT2D eigenvalue weighted by Gasteiger charge is 2.21. The number of nitrogens with one attached hydrogen (secondary N) is 1. The Kier molecular flexibility index (Phi) is 4.61. The molecule has 1 aliphatic rings. The number of non-ortho nitro benzene ring substituents is 1. The van der Waals surface area contributed by atoms with Crippen LogP contribution in [0.25, 0.3) is 0 Å². The van der Waals surface area contributed by atoms with Gasteiger partial charge < -0.3 is 10.1 Å². The van der Waals surface area contributed by atoms with E-state index in [1.165, 1.54) is 12.1 Å². The normalized spacial score (nSPS) is 18.0. The number of halogens is 1. The van der Waals surface area contributed by atoms with Crippen molar-refractivity contribution in [1.82, 2.24) is 0 Å². The van der Waals surface area contributed by atoms with Crippen molar-refractivity contribution in [2.75, 3.05) is 18.5 Å². The molecule has 1 saturated heterocycles. The minimum atomic E-state index is -0.447. The molecule has 0 aliphatic carbocycles. The molecule has 1 unspecified atom stereocenters. The summed E-state index contributed by atoms with van der Waals surface area (Å²) in [6.07, 6.45) is 2.05. The Morgan fingerprint density at radius 2 is 2.16 bits per heavy atom. The van der Waals surface area contributed by atoms with Crippen molar-refractivity contribution in [2.24, 2.45) is 5.92 Å². The summed E-state index contributed by atoms with van der Waals surface area (Å²) < 4.78 is 5.34. The first-order valence-corrected chi connectivity index (χ1v) is 6.74. The lowest BCUT2D eigenvalue weighted by Gasteiger charge is -2.29. The van der Waals surface area contributed by atoms with E-state index >= 15 is 0 Å². The number of hydrogen-bond acceptors (Lipinski definition) is 4. The summed E-state index contributed by atoms with van der Waals surface area (Å²) in [5, 5.41) is 14.4. The molecule has 19 heavy (non-hydrogen) atoms. The molecule has 1 aromatic rings. The Balaban J connectivity index is 2.03. The zero-order valence-corrected chi connectivity index (χ0v) is 11.5. The third-order valence-electron chi connectivity index (χ3n) is 3.52. The largest absolute Gasteiger partial charge is 0.381 e. The molecule has 0 spiro atoms. The van der Waals surface area contributed by atoms with E-state index in [0.29, 0.717) is 10.9 Å². The molecule has 1 aliphatic heterocycles. The van der Waals surface area contributed by atoms with Crippen LogP contribution in [0.4, 0.5) is 11.4 Å². The standard InChI is InChI=1S/C13H17ClN2O3/c1-9(10-4-6-19-7-5-10)15-13-3-2-11(16(17)18)8-12(13)14/h2-3,8-10,15H,4-7H2,1H3. The summed E-state index contributed by atoms with van der Waals surface area (Å²) in [6.45, 7) is 3.70. The number of ether oxygens (including phenoxy) is 1. The van der Waals surface area contributed by atoms with Crippen LogP contribution in [0.15, 0.2) is 18.2 Å². The molecule has 0 amide bonds. The molecule has 0 aromatic heterocycles. The van der Waals surface area contributed by atoms with E-state index in [4.69, 9.17) is 16.3 Å². The van der Waals surface area contributed by atoms with Gasteiger partial charge in [0.15, 0.2) is 0 Å². The summed E-state index contributed by atoms with van der Waals surface area (Å²) >= 11 is 6.06. The van der Waals surface area contributed by atoms with Crippen molar-refractivity contribution in [3.05, 3.63) is 33.3 Å². The third-order valence-corrected chi connectivity index (χ3v) is 3.83. The van der Waals surface area contributed by atoms with Gasteiger partial charge >= 0.3 is 0 Å². The molecular weight excluding hydrogens is 268 g/mol. The van der Waals surface area contributed by atoms with Gasteiger partial charge in [-0.2, -0.15) is 0 Å². The predicted molar refractivity (Wildman–Crippen MR) is 74.7 cm³/mol. The smallest absolute Gasteiger partial charge is 0.271 e. The predicted octanol–water partition coefficient (Wildman–Crippen LogP) is 3.48. The highest BCUT2D eigenvalue weighted by Crippen LogP contribution is 2.29. The molecule has 0 radical (unpaired) electrons. The summed E-state index contributed by atoms with van der Waals surface area (Å²) in [7, 11) is 0. The summed E-state index contributed by atoms with van der Waals surface area (Å²) in [5.41, 5.74) is 0.750. The quantitative estimate of drug-likeness (QED) is 0.679. The average molecular weight is 285 g/mol. The lowest BCUT2D eigenvalue weighted by atomic mass is 9.93. The Morgan fingerprint density at radius 1 is 1.47 bits per heavy atom. The van der Waals surface area contributed by atoms with Crippen LogP contribution in [0.3, 0.4) is 0 Å². The SMILES string of the molecule is CC(Nc1ccc([N+](=O)[O-])cc1Cl)C1CCOCC1. The summed E-state index contributed by atoms with van der Waals surface area (Å²) in [6, 6.07) is 4.77. The number of nitro groups is 1. The molecule has 1 aromatic carbocycles. The number of nitro benzene ring substituents is 1. The molecule has 0 bridgehead atoms. The van der Waals surface area contributed by atoms with E-state index in [1.54, 1.807) is 6.07 Å². The maximum atomic E-state index is 10.6. The second-order valence-electron chi connectivity index (χ2n) is 4.80. The molecule has 5 nitrogen and oxygen atoms in total. The Morgan fingerprint density at radius 3 is 2.74 bits per heavy atom. The number of nitrogens with zero attached hydrogens (tertiary/aromatic N) is 1. The highest BCUT2D eigenvalue weighted by atomic mass is 35.5. The molecule has 2 rings (SSSR count). The second kappa shape index (κ2) is 6.21. The zero-order valence-electron chi connectivity index (χ0n) is 10.8. The summed E-state index contributed by atoms with van der Waals surface area (Å²) in [5.74, 6) is 0.542. The van der Waals surface area contributed by atoms with E-state index < -0.39 is 4.92 Å². The molecule has 6 heteroatoms. The Labute approximate surface area is 117 Å². The number of benzene rings is 1. The van der Waals surface area contributed by atoms with Crippen LogP contribution < -0.4 is 5.32 Å². The molecular formula is C13H17ClN2O3. The van der Waals surface area contributed by atoms with Crippen LogP contribution in [0.5, 0.6) is 0 Å². The minimum absolute atomic E-state index is 0.00858. The number of rotatable bonds is 4. The van der Waals surface area contributed by atoms with Gasteiger partial charge in [-0.1, -0.05) is 11.6 Å². The van der Waals surface area contributed by atoms with Crippen molar-refractivity contribution >= 4 is 23.0 Å². The molecule has 1 N–H and O–H groups in total. The van der Waals surface area contributed by atoms with Crippen LogP contribution in [0.1, 0.15) is 19.8 Å². The molecule has 104 valence electrons. The lowest BCUT2D eigenvalue weighted by molar-refractivity contribution is -0.384. The number of anilines is 1. The molecule has 1 heterocycles. The maximum Gasteiger partial charge on any atom is 0.271 e. The lowest BCUT2D eigenvalue weighted by Crippen LogP contribution is -2.31. The van der Waals surface area contributed by atoms with Gasteiger partial charge in [0.2, 0.25) is 0 Å². The van der Waals surface area contributed by atoms with E-state index in [9.17, 15) is 10.1 Å². The van der Waals surface area contributed by atoms with Gasteiger partial charge in [0.25, 0.3) is 5.69 Å². The van der Waals surface area contributed by atoms with E-state index in [1.807, 2.05) is 0 Å². The summed E-state index contributed by atoms with van der Waals surface area (Å²) in [4.78, 5) is 10.2. The van der Waals surface area contributed by atoms with Crippen molar-refractivity contribution in [1.29, 1.82) is 0 Å². The van der Waals surface area contributed by atoms with E-state index in [2.05, 4.69) is 12.2 Å². The topological polar surface area (TPSA) is 64.4 Å². The zero-order chi connectivity index (χ0) is 13.8. The van der Waals surface area contributed by atoms with Crippen molar-refractivity contribution in [3.63, 3.8) is 0 Å². The van der Waals surface area contributed by atoms with Crippen molar-refractivity contribution in [2.45, 2.75) is 25.8 Å². The van der Waals surface area contributed by atoms with Crippen molar-refractivity contribution in [3.8, 4) is 0 Å². The first-order valence-electron chi connectivity index (χ1n) is 6.36. The first-order chi connectivity index (χ1) is 9.08. The van der Waals surface area contributed by atoms with Gasteiger partial charge in [-0.05, 0) is 31.7 Å². The third kappa shape index (κ3) is 3.58. The van der Waals surface area contributed by atoms with Gasteiger partial charge in [0, 0.05) is 31.4 Å². The highest BCUT2D eigenvalue weighted by molar-refractivity contribution is 6.33. The number of hydrogen-bond donors (Lipinski definition) is 1. The fourth-order valence-corrected chi connectivity index (χ4v) is 2.54. The van der Waals surface area contributed by atoms with Gasteiger partial charge in [0.1, 0.15) is 0 Å². The van der Waals surface area contributed by atoms with Crippen LogP contribution >= 0.6 is 11.6 Å². The van der Waals surface area contributed by atoms with Crippen molar-refractivity contribution < 1.29 is 9.66 Å². The van der Waals surface area contributed by atoms with Crippen LogP contribution in [-0.4, -0.2) is 24.2 Å². The Bertz CT molecular complexity index is 461. The molecule has 1 fully saturated rings. The molecule has 0 saturated carbocycles. The van der Waals surface area contributed by atoms with Crippen LogP contribution in [-0.2, 0) is 4.74 Å². The van der Waals surface area contributed by atoms with Crippen LogP contribution in [0, 0.1) is 16.0 Å². The minimum Gasteiger partial charge on any atom is -0.381 e. The monoisotopic (exact) mass is 284 g/mol.